The quantitative estimate of drug-likeness (QED) is 0.909. The Bertz CT molecular complexity index is 637. The summed E-state index contributed by atoms with van der Waals surface area (Å²) in [6.45, 7) is 0. The first-order chi connectivity index (χ1) is 9.09. The molecule has 0 bridgehead atoms. The molecule has 1 aromatic heterocycles. The highest BCUT2D eigenvalue weighted by atomic mass is 79.9. The molecule has 19 heavy (non-hydrogen) atoms. The van der Waals surface area contributed by atoms with Crippen LogP contribution >= 0.6 is 15.9 Å². The lowest BCUT2D eigenvalue weighted by molar-refractivity contribution is -0.138. The molecule has 0 fully saturated rings. The van der Waals surface area contributed by atoms with E-state index in [-0.39, 0.29) is 17.5 Å². The van der Waals surface area contributed by atoms with Crippen molar-refractivity contribution in [1.82, 2.24) is 4.98 Å². The van der Waals surface area contributed by atoms with Gasteiger partial charge in [0.1, 0.15) is 0 Å². The number of aromatic nitrogens is 1. The zero-order valence-electron chi connectivity index (χ0n) is 9.97. The number of aliphatic carboxylic acids is 1. The average Bonchev–Trinajstić information content (AvgIpc) is 2.38. The molecule has 1 heterocycles. The van der Waals surface area contributed by atoms with E-state index in [0.717, 1.165) is 5.56 Å². The van der Waals surface area contributed by atoms with E-state index in [9.17, 15) is 14.7 Å². The minimum absolute atomic E-state index is 0.249. The number of H-pyrrole nitrogens is 1. The molecular formula is C14H12BrNO3. The number of pyridine rings is 1. The van der Waals surface area contributed by atoms with Gasteiger partial charge in [0, 0.05) is 16.2 Å². The Kier molecular flexibility index (Phi) is 4.16. The minimum Gasteiger partial charge on any atom is -0.481 e. The molecule has 0 aliphatic carbocycles. The normalized spacial score (nSPS) is 12.1. The largest absolute Gasteiger partial charge is 0.481 e. The highest BCUT2D eigenvalue weighted by Gasteiger charge is 2.25. The average molecular weight is 322 g/mol. The number of benzene rings is 1. The summed E-state index contributed by atoms with van der Waals surface area (Å²) in [4.78, 5) is 25.8. The molecule has 1 aromatic carbocycles. The zero-order chi connectivity index (χ0) is 13.8. The third-order valence-electron chi connectivity index (χ3n) is 2.88. The van der Waals surface area contributed by atoms with Crippen molar-refractivity contribution in [3.63, 3.8) is 0 Å². The van der Waals surface area contributed by atoms with E-state index in [0.29, 0.717) is 4.47 Å². The van der Waals surface area contributed by atoms with Crippen LogP contribution in [0.2, 0.25) is 0 Å². The number of carbonyl (C=O) groups is 1. The molecule has 0 spiro atoms. The molecule has 1 unspecified atom stereocenters. The molecule has 2 rings (SSSR count). The third kappa shape index (κ3) is 3.12. The van der Waals surface area contributed by atoms with Gasteiger partial charge < -0.3 is 10.1 Å². The van der Waals surface area contributed by atoms with E-state index in [1.807, 2.05) is 30.3 Å². The molecule has 98 valence electrons. The highest BCUT2D eigenvalue weighted by Crippen LogP contribution is 2.24. The summed E-state index contributed by atoms with van der Waals surface area (Å²) in [5, 5.41) is 9.36. The number of hydrogen-bond donors (Lipinski definition) is 2. The van der Waals surface area contributed by atoms with E-state index in [2.05, 4.69) is 20.9 Å². The molecular weight excluding hydrogens is 310 g/mol. The Balaban J connectivity index is 2.42. The summed E-state index contributed by atoms with van der Waals surface area (Å²) in [6.07, 6.45) is 1.76. The molecule has 4 nitrogen and oxygen atoms in total. The van der Waals surface area contributed by atoms with Crippen LogP contribution in [0.3, 0.4) is 0 Å². The second-order valence-corrected chi connectivity index (χ2v) is 5.00. The van der Waals surface area contributed by atoms with E-state index >= 15 is 0 Å². The smallest absolute Gasteiger partial charge is 0.311 e. The molecule has 0 aliphatic rings. The number of carboxylic acids is 1. The van der Waals surface area contributed by atoms with E-state index in [1.54, 1.807) is 6.07 Å². The SMILES string of the molecule is O=C(O)C(Cc1ccccc1)c1c(Br)cc[nH]c1=O. The topological polar surface area (TPSA) is 70.2 Å². The lowest BCUT2D eigenvalue weighted by Crippen LogP contribution is -2.24. The van der Waals surface area contributed by atoms with Crippen LogP contribution < -0.4 is 5.56 Å². The van der Waals surface area contributed by atoms with Gasteiger partial charge in [0.15, 0.2) is 0 Å². The lowest BCUT2D eigenvalue weighted by Gasteiger charge is -2.13. The summed E-state index contributed by atoms with van der Waals surface area (Å²) in [5.74, 6) is -1.89. The Morgan fingerprint density at radius 3 is 2.53 bits per heavy atom. The molecule has 0 radical (unpaired) electrons. The summed E-state index contributed by atoms with van der Waals surface area (Å²) >= 11 is 3.25. The zero-order valence-corrected chi connectivity index (χ0v) is 11.6. The Labute approximate surface area is 118 Å². The Morgan fingerprint density at radius 2 is 1.95 bits per heavy atom. The van der Waals surface area contributed by atoms with Crippen molar-refractivity contribution in [2.45, 2.75) is 12.3 Å². The van der Waals surface area contributed by atoms with Gasteiger partial charge in [-0.25, -0.2) is 0 Å². The predicted molar refractivity (Wildman–Crippen MR) is 75.3 cm³/mol. The highest BCUT2D eigenvalue weighted by molar-refractivity contribution is 9.10. The molecule has 2 N–H and O–H groups in total. The van der Waals surface area contributed by atoms with Gasteiger partial charge in [0.05, 0.1) is 5.92 Å². The number of halogens is 1. The van der Waals surface area contributed by atoms with Crippen LogP contribution in [-0.2, 0) is 11.2 Å². The van der Waals surface area contributed by atoms with Crippen LogP contribution in [0.25, 0.3) is 0 Å². The summed E-state index contributed by atoms with van der Waals surface area (Å²) in [7, 11) is 0. The fraction of sp³-hybridized carbons (Fsp3) is 0.143. The monoisotopic (exact) mass is 321 g/mol. The van der Waals surface area contributed by atoms with Gasteiger partial charge in [0.2, 0.25) is 0 Å². The summed E-state index contributed by atoms with van der Waals surface area (Å²) in [5.41, 5.74) is 0.751. The minimum atomic E-state index is -1.01. The molecule has 0 saturated carbocycles. The molecule has 5 heteroatoms. The van der Waals surface area contributed by atoms with Crippen molar-refractivity contribution < 1.29 is 9.90 Å². The number of nitrogens with one attached hydrogen (secondary N) is 1. The van der Waals surface area contributed by atoms with Crippen LogP contribution in [0.15, 0.2) is 51.9 Å². The Hall–Kier alpha value is -1.88. The van der Waals surface area contributed by atoms with Gasteiger partial charge in [-0.15, -0.1) is 0 Å². The maximum Gasteiger partial charge on any atom is 0.311 e. The van der Waals surface area contributed by atoms with Crippen molar-refractivity contribution in [3.05, 3.63) is 68.5 Å². The van der Waals surface area contributed by atoms with E-state index in [1.165, 1.54) is 6.20 Å². The predicted octanol–water partition coefficient (Wildman–Crippen LogP) is 2.55. The van der Waals surface area contributed by atoms with Gasteiger partial charge in [-0.2, -0.15) is 0 Å². The van der Waals surface area contributed by atoms with Gasteiger partial charge in [-0.05, 0) is 18.1 Å². The van der Waals surface area contributed by atoms with Crippen LogP contribution in [-0.4, -0.2) is 16.1 Å². The van der Waals surface area contributed by atoms with Crippen molar-refractivity contribution in [1.29, 1.82) is 0 Å². The maximum absolute atomic E-state index is 11.8. The van der Waals surface area contributed by atoms with Crippen molar-refractivity contribution in [2.75, 3.05) is 0 Å². The number of carboxylic acid groups (broad SMARTS) is 1. The molecule has 1 atom stereocenters. The van der Waals surface area contributed by atoms with Crippen LogP contribution in [0.4, 0.5) is 0 Å². The second-order valence-electron chi connectivity index (χ2n) is 4.15. The van der Waals surface area contributed by atoms with Crippen LogP contribution in [0.1, 0.15) is 17.0 Å². The molecule has 0 saturated heterocycles. The molecule has 0 aliphatic heterocycles. The van der Waals surface area contributed by atoms with E-state index < -0.39 is 11.9 Å². The fourth-order valence-electron chi connectivity index (χ4n) is 1.95. The maximum atomic E-state index is 11.8. The molecule has 2 aromatic rings. The van der Waals surface area contributed by atoms with E-state index in [4.69, 9.17) is 0 Å². The summed E-state index contributed by atoms with van der Waals surface area (Å²) in [6, 6.07) is 10.9. The molecule has 0 amide bonds. The van der Waals surface area contributed by atoms with Crippen LogP contribution in [0.5, 0.6) is 0 Å². The first-order valence-electron chi connectivity index (χ1n) is 5.73. The van der Waals surface area contributed by atoms with Crippen LogP contribution in [0, 0.1) is 0 Å². The van der Waals surface area contributed by atoms with Gasteiger partial charge in [-0.1, -0.05) is 46.3 Å². The van der Waals surface area contributed by atoms with Crippen molar-refractivity contribution in [3.8, 4) is 0 Å². The third-order valence-corrected chi connectivity index (χ3v) is 3.57. The number of hydrogen-bond acceptors (Lipinski definition) is 2. The number of rotatable bonds is 4. The standard InChI is InChI=1S/C14H12BrNO3/c15-11-6-7-16-13(17)12(11)10(14(18)19)8-9-4-2-1-3-5-9/h1-7,10H,8H2,(H,16,17)(H,18,19). The van der Waals surface area contributed by atoms with Gasteiger partial charge >= 0.3 is 5.97 Å². The summed E-state index contributed by atoms with van der Waals surface area (Å²) < 4.78 is 0.514. The second kappa shape index (κ2) is 5.84. The van der Waals surface area contributed by atoms with Crippen molar-refractivity contribution >= 4 is 21.9 Å². The van der Waals surface area contributed by atoms with Crippen molar-refractivity contribution in [2.24, 2.45) is 0 Å². The first kappa shape index (κ1) is 13.5. The fourth-order valence-corrected chi connectivity index (χ4v) is 2.54. The number of aromatic amines is 1. The lowest BCUT2D eigenvalue weighted by atomic mass is 9.93. The van der Waals surface area contributed by atoms with Gasteiger partial charge in [0.25, 0.3) is 5.56 Å². The van der Waals surface area contributed by atoms with Gasteiger partial charge in [-0.3, -0.25) is 9.59 Å². The Morgan fingerprint density at radius 1 is 1.26 bits per heavy atom. The first-order valence-corrected chi connectivity index (χ1v) is 6.52.